The number of ether oxygens (including phenoxy) is 2. The van der Waals surface area contributed by atoms with Gasteiger partial charge in [0.2, 0.25) is 5.88 Å². The number of aliphatic hydroxyl groups excluding tert-OH is 1. The fraction of sp³-hybridized carbons (Fsp3) is 0.389. The lowest BCUT2D eigenvalue weighted by Crippen LogP contribution is -2.25. The van der Waals surface area contributed by atoms with Crippen LogP contribution in [0.3, 0.4) is 0 Å². The Morgan fingerprint density at radius 2 is 1.69 bits per heavy atom. The largest absolute Gasteiger partial charge is 0.508 e. The molecule has 1 aliphatic rings. The van der Waals surface area contributed by atoms with Crippen molar-refractivity contribution < 1.29 is 57.4 Å². The van der Waals surface area contributed by atoms with E-state index in [1.165, 1.54) is 35.4 Å². The van der Waals surface area contributed by atoms with Gasteiger partial charge in [0.1, 0.15) is 31.0 Å². The highest BCUT2D eigenvalue weighted by atomic mass is 31.2. The molecule has 0 spiro atoms. The third kappa shape index (κ3) is 6.83. The number of benzene rings is 1. The number of hydrogen-bond donors (Lipinski definition) is 6. The molecule has 1 saturated heterocycles. The maximum Gasteiger partial charge on any atom is 0.469 e. The smallest absolute Gasteiger partial charge is 0.469 e. The van der Waals surface area contributed by atoms with Gasteiger partial charge in [0, 0.05) is 6.42 Å². The maximum atomic E-state index is 10.9. The topological polar surface area (TPSA) is 236 Å². The lowest BCUT2D eigenvalue weighted by molar-refractivity contribution is -0.0424. The van der Waals surface area contributed by atoms with Gasteiger partial charge in [0.05, 0.1) is 25.6 Å². The number of phosphoric acid groups is 2. The molecule has 196 valence electrons. The first kappa shape index (κ1) is 26.6. The molecule has 3 atom stereocenters. The number of hydrogen-bond acceptors (Lipinski definition) is 11. The van der Waals surface area contributed by atoms with Crippen LogP contribution in [-0.2, 0) is 36.1 Å². The molecule has 3 heterocycles. The molecule has 1 aromatic carbocycles. The van der Waals surface area contributed by atoms with E-state index in [1.807, 2.05) is 0 Å². The average molecular weight is 548 g/mol. The molecule has 0 unspecified atom stereocenters. The summed E-state index contributed by atoms with van der Waals surface area (Å²) in [7, 11) is -9.41. The van der Waals surface area contributed by atoms with Crippen molar-refractivity contribution in [2.45, 2.75) is 38.1 Å². The number of aromatic nitrogens is 4. The Morgan fingerprint density at radius 3 is 2.39 bits per heavy atom. The first-order valence-electron chi connectivity index (χ1n) is 10.2. The minimum absolute atomic E-state index is 0.0866. The van der Waals surface area contributed by atoms with Gasteiger partial charge in [-0.2, -0.15) is 4.98 Å². The van der Waals surface area contributed by atoms with E-state index in [2.05, 4.69) is 24.0 Å². The minimum atomic E-state index is -4.73. The van der Waals surface area contributed by atoms with Crippen LogP contribution in [0.15, 0.2) is 30.9 Å². The van der Waals surface area contributed by atoms with Crippen molar-refractivity contribution in [2.75, 3.05) is 6.61 Å². The first-order valence-corrected chi connectivity index (χ1v) is 13.3. The van der Waals surface area contributed by atoms with Gasteiger partial charge in [-0.25, -0.2) is 19.1 Å². The normalized spacial score (nSPS) is 20.8. The minimum Gasteiger partial charge on any atom is -0.508 e. The van der Waals surface area contributed by atoms with Crippen LogP contribution in [0, 0.1) is 0 Å². The Hall–Kier alpha value is -2.49. The summed E-state index contributed by atoms with van der Waals surface area (Å²) < 4.78 is 43.6. The van der Waals surface area contributed by atoms with E-state index in [-0.39, 0.29) is 30.2 Å². The molecule has 0 aliphatic carbocycles. The second kappa shape index (κ2) is 10.5. The van der Waals surface area contributed by atoms with E-state index in [4.69, 9.17) is 29.0 Å². The van der Waals surface area contributed by atoms with Crippen molar-refractivity contribution in [3.05, 3.63) is 42.0 Å². The zero-order valence-electron chi connectivity index (χ0n) is 18.3. The van der Waals surface area contributed by atoms with Crippen molar-refractivity contribution in [1.29, 1.82) is 0 Å². The number of phenols is 1. The molecule has 0 radical (unpaired) electrons. The molecule has 0 bridgehead atoms. The molecule has 0 saturated carbocycles. The molecule has 4 rings (SSSR count). The van der Waals surface area contributed by atoms with Gasteiger partial charge >= 0.3 is 15.6 Å². The van der Waals surface area contributed by atoms with Crippen LogP contribution in [0.25, 0.3) is 11.2 Å². The number of nitrogens with zero attached hydrogens (tertiary/aromatic N) is 4. The lowest BCUT2D eigenvalue weighted by atomic mass is 10.1. The molecule has 1 fully saturated rings. The highest BCUT2D eigenvalue weighted by Gasteiger charge is 2.37. The zero-order valence-corrected chi connectivity index (χ0v) is 20.1. The van der Waals surface area contributed by atoms with Crippen LogP contribution in [0.4, 0.5) is 0 Å². The van der Waals surface area contributed by atoms with Crippen molar-refractivity contribution in [1.82, 2.24) is 19.5 Å². The molecule has 6 N–H and O–H groups in total. The van der Waals surface area contributed by atoms with Crippen LogP contribution >= 0.6 is 15.6 Å². The summed E-state index contributed by atoms with van der Waals surface area (Å²) in [4.78, 5) is 47.9. The van der Waals surface area contributed by atoms with Crippen LogP contribution in [0.5, 0.6) is 11.6 Å². The number of phosphoric ester groups is 2. The molecule has 16 nitrogen and oxygen atoms in total. The van der Waals surface area contributed by atoms with Gasteiger partial charge in [-0.3, -0.25) is 13.6 Å². The number of aliphatic hydroxyl groups is 1. The lowest BCUT2D eigenvalue weighted by Gasteiger charge is -2.16. The Labute approximate surface area is 202 Å². The average Bonchev–Trinajstić information content (AvgIpc) is 3.37. The molecule has 1 aliphatic heterocycles. The van der Waals surface area contributed by atoms with Crippen molar-refractivity contribution in [3.63, 3.8) is 0 Å². The van der Waals surface area contributed by atoms with Crippen LogP contribution in [0.1, 0.15) is 23.8 Å². The SMILES string of the molecule is O=P(O)(O)OCc1cc(O)cc(COc2ncnc3c2ncn3[C@H]2C[C@H](O)[C@@H](COP(=O)(O)O)O2)c1. The van der Waals surface area contributed by atoms with Crippen LogP contribution in [0.2, 0.25) is 0 Å². The second-order valence-electron chi connectivity index (χ2n) is 7.78. The van der Waals surface area contributed by atoms with Crippen molar-refractivity contribution in [3.8, 4) is 11.6 Å². The Kier molecular flexibility index (Phi) is 7.73. The summed E-state index contributed by atoms with van der Waals surface area (Å²) in [6, 6.07) is 4.21. The fourth-order valence-electron chi connectivity index (χ4n) is 3.57. The highest BCUT2D eigenvalue weighted by molar-refractivity contribution is 7.46. The third-order valence-electron chi connectivity index (χ3n) is 5.06. The Bertz CT molecular complexity index is 1320. The molecular weight excluding hydrogens is 526 g/mol. The number of phenolic OH excluding ortho intramolecular Hbond substituents is 1. The summed E-state index contributed by atoms with van der Waals surface area (Å²) in [5, 5.41) is 20.1. The summed E-state index contributed by atoms with van der Waals surface area (Å²) in [5.74, 6) is -0.0678. The monoisotopic (exact) mass is 548 g/mol. The van der Waals surface area contributed by atoms with E-state index in [1.54, 1.807) is 0 Å². The molecule has 18 heteroatoms. The molecule has 3 aromatic rings. The summed E-state index contributed by atoms with van der Waals surface area (Å²) in [6.07, 6.45) is -0.0817. The van der Waals surface area contributed by atoms with Crippen LogP contribution < -0.4 is 4.74 Å². The molecule has 36 heavy (non-hydrogen) atoms. The summed E-state index contributed by atoms with van der Waals surface area (Å²) in [5.41, 5.74) is 1.33. The number of imidazole rings is 1. The summed E-state index contributed by atoms with van der Waals surface area (Å²) >= 11 is 0. The van der Waals surface area contributed by atoms with Gasteiger partial charge in [-0.05, 0) is 29.3 Å². The quantitative estimate of drug-likeness (QED) is 0.189. The van der Waals surface area contributed by atoms with Gasteiger partial charge in [0.25, 0.3) is 0 Å². The van der Waals surface area contributed by atoms with E-state index in [9.17, 15) is 19.3 Å². The molecule has 0 amide bonds. The second-order valence-corrected chi connectivity index (χ2v) is 10.3. The predicted molar refractivity (Wildman–Crippen MR) is 117 cm³/mol. The highest BCUT2D eigenvalue weighted by Crippen LogP contribution is 2.39. The number of aromatic hydroxyl groups is 1. The fourth-order valence-corrected chi connectivity index (χ4v) is 4.23. The summed E-state index contributed by atoms with van der Waals surface area (Å²) in [6.45, 7) is -1.03. The molecule has 2 aromatic heterocycles. The predicted octanol–water partition coefficient (Wildman–Crippen LogP) is 0.478. The van der Waals surface area contributed by atoms with E-state index >= 15 is 0 Å². The van der Waals surface area contributed by atoms with Gasteiger partial charge in [-0.1, -0.05) is 0 Å². The van der Waals surface area contributed by atoms with E-state index in [0.29, 0.717) is 16.8 Å². The number of rotatable bonds is 10. The van der Waals surface area contributed by atoms with Gasteiger partial charge in [-0.15, -0.1) is 0 Å². The van der Waals surface area contributed by atoms with Gasteiger partial charge in [0.15, 0.2) is 11.2 Å². The van der Waals surface area contributed by atoms with E-state index in [0.717, 1.165) is 0 Å². The zero-order chi connectivity index (χ0) is 26.1. The standard InChI is InChI=1S/C18H22N4O12P2/c23-12-2-10(1-11(3-12)6-32-35(25,26)27)5-31-18-16-17(19-8-20-18)22(9-21-16)15-4-13(24)14(34-15)7-33-36(28,29)30/h1-3,8-9,13-15,23-24H,4-7H2,(H2,25,26,27)(H2,28,29,30)/t13-,14+,15+/m0/s1. The molecular formula is C18H22N4O12P2. The third-order valence-corrected chi connectivity index (χ3v) is 6.01. The first-order chi connectivity index (χ1) is 16.9. The van der Waals surface area contributed by atoms with Crippen molar-refractivity contribution in [2.24, 2.45) is 0 Å². The Balaban J connectivity index is 1.47. The maximum absolute atomic E-state index is 10.9. The van der Waals surface area contributed by atoms with E-state index < -0.39 is 47.3 Å². The van der Waals surface area contributed by atoms with Crippen LogP contribution in [-0.4, -0.2) is 68.1 Å². The van der Waals surface area contributed by atoms with Crippen molar-refractivity contribution >= 4 is 26.8 Å². The Morgan fingerprint density at radius 1 is 1.00 bits per heavy atom. The van der Waals surface area contributed by atoms with Gasteiger partial charge < -0.3 is 39.3 Å². The number of fused-ring (bicyclic) bond motifs is 1.